The number of anilines is 2. The van der Waals surface area contributed by atoms with Crippen LogP contribution >= 0.6 is 0 Å². The average molecular weight is 390 g/mol. The molecule has 152 valence electrons. The number of rotatable bonds is 8. The lowest BCUT2D eigenvalue weighted by Crippen LogP contribution is -2.43. The number of nitrogen functional groups attached to an aromatic ring is 1. The van der Waals surface area contributed by atoms with Crippen molar-refractivity contribution < 1.29 is 9.18 Å². The second-order valence-corrected chi connectivity index (χ2v) is 7.16. The third-order valence-corrected chi connectivity index (χ3v) is 4.37. The van der Waals surface area contributed by atoms with Crippen LogP contribution in [-0.2, 0) is 17.8 Å². The van der Waals surface area contributed by atoms with Crippen molar-refractivity contribution in [3.05, 3.63) is 56.5 Å². The Morgan fingerprint density at radius 3 is 2.57 bits per heavy atom. The first-order valence-electron chi connectivity index (χ1n) is 9.42. The second-order valence-electron chi connectivity index (χ2n) is 7.16. The van der Waals surface area contributed by atoms with Gasteiger partial charge in [-0.25, -0.2) is 9.18 Å². The molecule has 8 heteroatoms. The van der Waals surface area contributed by atoms with E-state index in [2.05, 4.69) is 4.98 Å². The summed E-state index contributed by atoms with van der Waals surface area (Å²) in [5.41, 5.74) is 4.98. The predicted octanol–water partition coefficient (Wildman–Crippen LogP) is 2.29. The fourth-order valence-corrected chi connectivity index (χ4v) is 2.96. The number of carbonyl (C=O) groups is 1. The third kappa shape index (κ3) is 4.88. The molecule has 28 heavy (non-hydrogen) atoms. The number of nitrogens with zero attached hydrogens (tertiary/aromatic N) is 2. The van der Waals surface area contributed by atoms with Gasteiger partial charge in [0.25, 0.3) is 5.56 Å². The molecule has 3 N–H and O–H groups in total. The minimum absolute atomic E-state index is 0.0272. The van der Waals surface area contributed by atoms with Crippen LogP contribution in [-0.4, -0.2) is 22.0 Å². The molecule has 0 atom stereocenters. The maximum Gasteiger partial charge on any atom is 0.330 e. The molecule has 0 spiro atoms. The smallest absolute Gasteiger partial charge is 0.330 e. The molecule has 0 radical (unpaired) electrons. The van der Waals surface area contributed by atoms with Crippen molar-refractivity contribution in [1.29, 1.82) is 0 Å². The summed E-state index contributed by atoms with van der Waals surface area (Å²) in [5, 5.41) is 0. The van der Waals surface area contributed by atoms with E-state index in [1.165, 1.54) is 21.6 Å². The van der Waals surface area contributed by atoms with Gasteiger partial charge in [0.15, 0.2) is 5.69 Å². The Hall–Kier alpha value is -2.90. The van der Waals surface area contributed by atoms with E-state index in [1.54, 1.807) is 12.1 Å². The summed E-state index contributed by atoms with van der Waals surface area (Å²) in [6.07, 6.45) is 1.32. The van der Waals surface area contributed by atoms with Crippen LogP contribution in [0.2, 0.25) is 0 Å². The highest BCUT2D eigenvalue weighted by atomic mass is 19.1. The van der Waals surface area contributed by atoms with Gasteiger partial charge in [-0.15, -0.1) is 0 Å². The minimum Gasteiger partial charge on any atom is -0.383 e. The van der Waals surface area contributed by atoms with Crippen LogP contribution in [0.1, 0.15) is 39.2 Å². The molecule has 2 rings (SSSR count). The quantitative estimate of drug-likeness (QED) is 0.722. The molecular weight excluding hydrogens is 363 g/mol. The van der Waals surface area contributed by atoms with Crippen LogP contribution in [0, 0.1) is 11.7 Å². The Labute approximate surface area is 163 Å². The zero-order chi connectivity index (χ0) is 20.8. The first-order valence-corrected chi connectivity index (χ1v) is 9.42. The Morgan fingerprint density at radius 2 is 1.96 bits per heavy atom. The predicted molar refractivity (Wildman–Crippen MR) is 108 cm³/mol. The molecule has 0 saturated carbocycles. The van der Waals surface area contributed by atoms with Crippen LogP contribution in [0.5, 0.6) is 0 Å². The van der Waals surface area contributed by atoms with Gasteiger partial charge in [0.05, 0.1) is 6.42 Å². The summed E-state index contributed by atoms with van der Waals surface area (Å²) >= 11 is 0. The van der Waals surface area contributed by atoms with E-state index in [9.17, 15) is 18.8 Å². The van der Waals surface area contributed by atoms with Gasteiger partial charge in [-0.1, -0.05) is 45.4 Å². The highest BCUT2D eigenvalue weighted by Gasteiger charge is 2.25. The van der Waals surface area contributed by atoms with Gasteiger partial charge in [-0.3, -0.25) is 19.1 Å². The van der Waals surface area contributed by atoms with Crippen molar-refractivity contribution in [1.82, 2.24) is 9.55 Å². The lowest BCUT2D eigenvalue weighted by atomic mass is 10.1. The van der Waals surface area contributed by atoms with E-state index in [1.807, 2.05) is 20.8 Å². The van der Waals surface area contributed by atoms with Crippen LogP contribution in [0.4, 0.5) is 15.9 Å². The van der Waals surface area contributed by atoms with Gasteiger partial charge < -0.3 is 10.6 Å². The summed E-state index contributed by atoms with van der Waals surface area (Å²) in [7, 11) is 0. The number of nitrogens with one attached hydrogen (secondary N) is 1. The molecule has 0 aliphatic rings. The summed E-state index contributed by atoms with van der Waals surface area (Å²) in [6, 6.07) is 5.99. The molecule has 7 nitrogen and oxygen atoms in total. The Kier molecular flexibility index (Phi) is 7.14. The molecule has 1 amide bonds. The highest BCUT2D eigenvalue weighted by Crippen LogP contribution is 2.20. The van der Waals surface area contributed by atoms with Crippen molar-refractivity contribution in [3.8, 4) is 0 Å². The first kappa shape index (κ1) is 21.4. The number of aromatic amines is 1. The van der Waals surface area contributed by atoms with Gasteiger partial charge >= 0.3 is 5.69 Å². The average Bonchev–Trinajstić information content (AvgIpc) is 2.62. The topological polar surface area (TPSA) is 101 Å². The molecule has 0 unspecified atom stereocenters. The van der Waals surface area contributed by atoms with E-state index < -0.39 is 23.0 Å². The number of H-pyrrole nitrogens is 1. The van der Waals surface area contributed by atoms with E-state index in [-0.39, 0.29) is 36.0 Å². The van der Waals surface area contributed by atoms with Crippen molar-refractivity contribution in [3.63, 3.8) is 0 Å². The minimum atomic E-state index is -0.724. The maximum absolute atomic E-state index is 14.0. The molecule has 1 aromatic heterocycles. The molecule has 0 aliphatic carbocycles. The number of hydrogen-bond acceptors (Lipinski definition) is 4. The molecule has 2 aromatic rings. The number of aromatic nitrogens is 2. The standard InChI is InChI=1S/C20H27FN4O3/c1-4-5-10-24-18(22)17(19(27)23-20(24)28)25(12-13(2)3)16(26)11-14-8-6-7-9-15(14)21/h6-9,13H,4-5,10-12,22H2,1-3H3,(H,23,27,28). The lowest BCUT2D eigenvalue weighted by molar-refractivity contribution is -0.118. The molecule has 0 bridgehead atoms. The number of benzene rings is 1. The van der Waals surface area contributed by atoms with Crippen LogP contribution in [0.15, 0.2) is 33.9 Å². The van der Waals surface area contributed by atoms with Crippen molar-refractivity contribution >= 4 is 17.4 Å². The number of nitrogens with two attached hydrogens (primary N) is 1. The maximum atomic E-state index is 14.0. The van der Waals surface area contributed by atoms with E-state index >= 15 is 0 Å². The number of hydrogen-bond donors (Lipinski definition) is 2. The molecule has 0 aliphatic heterocycles. The first-order chi connectivity index (χ1) is 13.3. The van der Waals surface area contributed by atoms with E-state index in [0.29, 0.717) is 13.0 Å². The summed E-state index contributed by atoms with van der Waals surface area (Å²) in [5.74, 6) is -0.976. The van der Waals surface area contributed by atoms with Crippen LogP contribution < -0.4 is 21.9 Å². The van der Waals surface area contributed by atoms with E-state index in [0.717, 1.165) is 6.42 Å². The summed E-state index contributed by atoms with van der Waals surface area (Å²) < 4.78 is 15.3. The highest BCUT2D eigenvalue weighted by molar-refractivity contribution is 5.96. The molecule has 0 saturated heterocycles. The van der Waals surface area contributed by atoms with Gasteiger partial charge in [0.2, 0.25) is 5.91 Å². The fraction of sp³-hybridized carbons (Fsp3) is 0.450. The lowest BCUT2D eigenvalue weighted by Gasteiger charge is -2.26. The van der Waals surface area contributed by atoms with Crippen LogP contribution in [0.25, 0.3) is 0 Å². The van der Waals surface area contributed by atoms with Crippen molar-refractivity contribution in [2.45, 2.75) is 46.6 Å². The van der Waals surface area contributed by atoms with Gasteiger partial charge in [-0.2, -0.15) is 0 Å². The molecule has 1 heterocycles. The zero-order valence-electron chi connectivity index (χ0n) is 16.5. The molecular formula is C20H27FN4O3. The third-order valence-electron chi connectivity index (χ3n) is 4.37. The van der Waals surface area contributed by atoms with E-state index in [4.69, 9.17) is 5.73 Å². The number of carbonyl (C=O) groups excluding carboxylic acids is 1. The summed E-state index contributed by atoms with van der Waals surface area (Å²) in [6.45, 7) is 6.30. The van der Waals surface area contributed by atoms with Crippen molar-refractivity contribution in [2.75, 3.05) is 17.2 Å². The number of amides is 1. The number of halogens is 1. The SMILES string of the molecule is CCCCn1c(N)c(N(CC(C)C)C(=O)Cc2ccccc2F)c(=O)[nH]c1=O. The number of unbranched alkanes of at least 4 members (excludes halogenated alkanes) is 1. The van der Waals surface area contributed by atoms with Crippen LogP contribution in [0.3, 0.4) is 0 Å². The zero-order valence-corrected chi connectivity index (χ0v) is 16.5. The largest absolute Gasteiger partial charge is 0.383 e. The Bertz CT molecular complexity index is 949. The van der Waals surface area contributed by atoms with Gasteiger partial charge in [0.1, 0.15) is 11.6 Å². The monoisotopic (exact) mass is 390 g/mol. The second kappa shape index (κ2) is 9.34. The fourth-order valence-electron chi connectivity index (χ4n) is 2.96. The Balaban J connectivity index is 2.50. The summed E-state index contributed by atoms with van der Waals surface area (Å²) in [4.78, 5) is 41.1. The normalized spacial score (nSPS) is 11.0. The van der Waals surface area contributed by atoms with Crippen molar-refractivity contribution in [2.24, 2.45) is 5.92 Å². The Morgan fingerprint density at radius 1 is 1.29 bits per heavy atom. The molecule has 1 aromatic carbocycles. The van der Waals surface area contributed by atoms with Gasteiger partial charge in [-0.05, 0) is 24.0 Å². The molecule has 0 fully saturated rings. The van der Waals surface area contributed by atoms with Gasteiger partial charge in [0, 0.05) is 13.1 Å².